The van der Waals surface area contributed by atoms with Crippen molar-refractivity contribution < 1.29 is 18.0 Å². The average Bonchev–Trinajstić information content (AvgIpc) is 2.33. The Kier molecular flexibility index (Phi) is 5.16. The van der Waals surface area contributed by atoms with Gasteiger partial charge in [-0.1, -0.05) is 32.0 Å². The molecule has 0 aliphatic carbocycles. The Bertz CT molecular complexity index is 472. The minimum absolute atomic E-state index is 0.104. The summed E-state index contributed by atoms with van der Waals surface area (Å²) in [7, 11) is 0. The lowest BCUT2D eigenvalue weighted by Crippen LogP contribution is -2.46. The highest BCUT2D eigenvalue weighted by Gasteiger charge is 2.34. The van der Waals surface area contributed by atoms with Gasteiger partial charge in [-0.3, -0.25) is 10.1 Å². The molecule has 0 aliphatic rings. The quantitative estimate of drug-likeness (QED) is 0.875. The molecule has 0 heterocycles. The van der Waals surface area contributed by atoms with E-state index in [1.54, 1.807) is 20.8 Å². The first kappa shape index (κ1) is 16.5. The maximum Gasteiger partial charge on any atom is 0.416 e. The number of hydrogen-bond donors (Lipinski definition) is 2. The average molecular weight is 288 g/mol. The van der Waals surface area contributed by atoms with E-state index in [2.05, 4.69) is 5.32 Å². The van der Waals surface area contributed by atoms with Crippen molar-refractivity contribution >= 4 is 5.91 Å². The lowest BCUT2D eigenvalue weighted by Gasteiger charge is -2.26. The summed E-state index contributed by atoms with van der Waals surface area (Å²) in [5, 5.41) is 2.87. The van der Waals surface area contributed by atoms with Crippen molar-refractivity contribution in [3.63, 3.8) is 0 Å². The number of carbonyl (C=O) groups excluding carboxylic acids is 1. The molecule has 0 fully saturated rings. The number of benzene rings is 1. The third-order valence-electron chi connectivity index (χ3n) is 3.14. The van der Waals surface area contributed by atoms with Crippen LogP contribution in [0.5, 0.6) is 0 Å². The predicted octanol–water partition coefficient (Wildman–Crippen LogP) is 2.87. The van der Waals surface area contributed by atoms with Crippen LogP contribution in [0.25, 0.3) is 0 Å². The molecule has 20 heavy (non-hydrogen) atoms. The van der Waals surface area contributed by atoms with Crippen LogP contribution >= 0.6 is 0 Å². The van der Waals surface area contributed by atoms with E-state index >= 15 is 0 Å². The first-order chi connectivity index (χ1) is 9.14. The van der Waals surface area contributed by atoms with Gasteiger partial charge in [0.15, 0.2) is 0 Å². The third-order valence-corrected chi connectivity index (χ3v) is 3.14. The SMILES string of the molecule is CC(NC(C(N)=O)C(C)C)c1ccccc1C(F)(F)F. The summed E-state index contributed by atoms with van der Waals surface area (Å²) in [5.74, 6) is -0.677. The Labute approximate surface area is 116 Å². The van der Waals surface area contributed by atoms with Crippen LogP contribution in [0.4, 0.5) is 13.2 Å². The van der Waals surface area contributed by atoms with Crippen LogP contribution in [-0.4, -0.2) is 11.9 Å². The molecule has 1 aromatic rings. The van der Waals surface area contributed by atoms with Gasteiger partial charge in [0.2, 0.25) is 5.91 Å². The van der Waals surface area contributed by atoms with Crippen LogP contribution < -0.4 is 11.1 Å². The molecular weight excluding hydrogens is 269 g/mol. The second kappa shape index (κ2) is 6.26. The molecule has 0 radical (unpaired) electrons. The van der Waals surface area contributed by atoms with Crippen molar-refractivity contribution in [2.45, 2.75) is 39.0 Å². The molecule has 0 saturated carbocycles. The van der Waals surface area contributed by atoms with E-state index < -0.39 is 29.7 Å². The number of hydrogen-bond acceptors (Lipinski definition) is 2. The number of rotatable bonds is 5. The van der Waals surface area contributed by atoms with Gasteiger partial charge >= 0.3 is 6.18 Å². The standard InChI is InChI=1S/C14H19F3N2O/c1-8(2)12(13(18)20)19-9(3)10-6-4-5-7-11(10)14(15,16)17/h4-9,12,19H,1-3H3,(H2,18,20). The molecule has 0 spiro atoms. The second-order valence-electron chi connectivity index (χ2n) is 5.10. The summed E-state index contributed by atoms with van der Waals surface area (Å²) in [6.45, 7) is 5.15. The van der Waals surface area contributed by atoms with E-state index in [0.717, 1.165) is 6.07 Å². The first-order valence-electron chi connectivity index (χ1n) is 6.36. The molecule has 0 bridgehead atoms. The number of carbonyl (C=O) groups is 1. The summed E-state index contributed by atoms with van der Waals surface area (Å²) in [6.07, 6.45) is -4.42. The molecule has 112 valence electrons. The van der Waals surface area contributed by atoms with Gasteiger partial charge in [0.1, 0.15) is 0 Å². The fourth-order valence-electron chi connectivity index (χ4n) is 2.09. The van der Waals surface area contributed by atoms with E-state index in [1.807, 2.05) is 0 Å². The van der Waals surface area contributed by atoms with Gasteiger partial charge in [-0.25, -0.2) is 0 Å². The van der Waals surface area contributed by atoms with Crippen molar-refractivity contribution in [1.82, 2.24) is 5.32 Å². The monoisotopic (exact) mass is 288 g/mol. The maximum absolute atomic E-state index is 12.9. The molecule has 3 N–H and O–H groups in total. The number of nitrogens with two attached hydrogens (primary N) is 1. The van der Waals surface area contributed by atoms with E-state index in [9.17, 15) is 18.0 Å². The summed E-state index contributed by atoms with van der Waals surface area (Å²) in [4.78, 5) is 11.3. The predicted molar refractivity (Wildman–Crippen MR) is 70.8 cm³/mol. The van der Waals surface area contributed by atoms with Gasteiger partial charge in [0, 0.05) is 6.04 Å². The normalized spacial score (nSPS) is 15.2. The minimum atomic E-state index is -4.42. The Morgan fingerprint density at radius 3 is 2.20 bits per heavy atom. The lowest BCUT2D eigenvalue weighted by molar-refractivity contribution is -0.138. The van der Waals surface area contributed by atoms with Crippen LogP contribution in [0, 0.1) is 5.92 Å². The number of nitrogens with one attached hydrogen (secondary N) is 1. The highest BCUT2D eigenvalue weighted by atomic mass is 19.4. The number of primary amides is 1. The Balaban J connectivity index is 3.04. The topological polar surface area (TPSA) is 55.1 Å². The molecular formula is C14H19F3N2O. The Hall–Kier alpha value is -1.56. The van der Waals surface area contributed by atoms with Crippen molar-refractivity contribution in [3.05, 3.63) is 35.4 Å². The van der Waals surface area contributed by atoms with E-state index in [1.165, 1.54) is 18.2 Å². The highest BCUT2D eigenvalue weighted by molar-refractivity contribution is 5.80. The third kappa shape index (κ3) is 3.96. The van der Waals surface area contributed by atoms with E-state index in [-0.39, 0.29) is 11.5 Å². The summed E-state index contributed by atoms with van der Waals surface area (Å²) < 4.78 is 38.8. The zero-order valence-electron chi connectivity index (χ0n) is 11.7. The largest absolute Gasteiger partial charge is 0.416 e. The smallest absolute Gasteiger partial charge is 0.368 e. The van der Waals surface area contributed by atoms with Crippen LogP contribution in [0.1, 0.15) is 37.9 Å². The van der Waals surface area contributed by atoms with Crippen LogP contribution in [-0.2, 0) is 11.0 Å². The van der Waals surface area contributed by atoms with E-state index in [0.29, 0.717) is 0 Å². The minimum Gasteiger partial charge on any atom is -0.368 e. The fraction of sp³-hybridized carbons (Fsp3) is 0.500. The highest BCUT2D eigenvalue weighted by Crippen LogP contribution is 2.34. The molecule has 0 aromatic heterocycles. The number of alkyl halides is 3. The molecule has 2 atom stereocenters. The molecule has 1 aromatic carbocycles. The zero-order chi connectivity index (χ0) is 15.5. The van der Waals surface area contributed by atoms with Crippen molar-refractivity contribution in [2.75, 3.05) is 0 Å². The van der Waals surface area contributed by atoms with Gasteiger partial charge in [-0.2, -0.15) is 13.2 Å². The first-order valence-corrected chi connectivity index (χ1v) is 6.36. The van der Waals surface area contributed by atoms with Gasteiger partial charge in [-0.05, 0) is 24.5 Å². The van der Waals surface area contributed by atoms with Crippen molar-refractivity contribution in [2.24, 2.45) is 11.7 Å². The molecule has 0 aliphatic heterocycles. The van der Waals surface area contributed by atoms with Crippen molar-refractivity contribution in [1.29, 1.82) is 0 Å². The van der Waals surface area contributed by atoms with Gasteiger partial charge in [0.05, 0.1) is 11.6 Å². The molecule has 1 rings (SSSR count). The Morgan fingerprint density at radius 2 is 1.75 bits per heavy atom. The Morgan fingerprint density at radius 1 is 1.20 bits per heavy atom. The van der Waals surface area contributed by atoms with E-state index in [4.69, 9.17) is 5.73 Å². The molecule has 6 heteroatoms. The van der Waals surface area contributed by atoms with Gasteiger partial charge < -0.3 is 5.73 Å². The molecule has 3 nitrogen and oxygen atoms in total. The zero-order valence-corrected chi connectivity index (χ0v) is 11.7. The van der Waals surface area contributed by atoms with Crippen LogP contribution in [0.15, 0.2) is 24.3 Å². The molecule has 1 amide bonds. The van der Waals surface area contributed by atoms with Gasteiger partial charge in [0.25, 0.3) is 0 Å². The van der Waals surface area contributed by atoms with Crippen molar-refractivity contribution in [3.8, 4) is 0 Å². The number of amides is 1. The maximum atomic E-state index is 12.9. The molecule has 0 saturated heterocycles. The second-order valence-corrected chi connectivity index (χ2v) is 5.10. The van der Waals surface area contributed by atoms with Crippen LogP contribution in [0.2, 0.25) is 0 Å². The summed E-state index contributed by atoms with van der Waals surface area (Å²) >= 11 is 0. The van der Waals surface area contributed by atoms with Crippen LogP contribution in [0.3, 0.4) is 0 Å². The lowest BCUT2D eigenvalue weighted by atomic mass is 9.97. The fourth-order valence-corrected chi connectivity index (χ4v) is 2.09. The summed E-state index contributed by atoms with van der Waals surface area (Å²) in [6, 6.07) is 4.00. The summed E-state index contributed by atoms with van der Waals surface area (Å²) in [5.41, 5.74) is 4.67. The van der Waals surface area contributed by atoms with Gasteiger partial charge in [-0.15, -0.1) is 0 Å². The number of halogens is 3. The molecule has 2 unspecified atom stereocenters.